The van der Waals surface area contributed by atoms with Crippen LogP contribution in [0.3, 0.4) is 0 Å². The summed E-state index contributed by atoms with van der Waals surface area (Å²) < 4.78 is 0. The summed E-state index contributed by atoms with van der Waals surface area (Å²) >= 11 is 0. The smallest absolute Gasteiger partial charge is 0.0447 e. The normalized spacial score (nSPS) is 13.2. The fourth-order valence-corrected chi connectivity index (χ4v) is 2.14. The zero-order valence-electron chi connectivity index (χ0n) is 12.9. The molecule has 2 heteroatoms. The van der Waals surface area contributed by atoms with Crippen LogP contribution < -0.4 is 5.73 Å². The van der Waals surface area contributed by atoms with E-state index < -0.39 is 0 Å². The minimum atomic E-state index is 0.0441. The van der Waals surface area contributed by atoms with Crippen molar-refractivity contribution in [2.45, 2.75) is 45.6 Å². The highest BCUT2D eigenvalue weighted by Crippen LogP contribution is 2.22. The van der Waals surface area contributed by atoms with Crippen molar-refractivity contribution >= 4 is 0 Å². The molecular formula is C18H24N2. The average Bonchev–Trinajstić information content (AvgIpc) is 2.39. The summed E-state index contributed by atoms with van der Waals surface area (Å²) in [6.07, 6.45) is 2.74. The second-order valence-corrected chi connectivity index (χ2v) is 6.50. The number of nitrogens with two attached hydrogens (primary N) is 1. The first-order valence-electron chi connectivity index (χ1n) is 7.16. The van der Waals surface area contributed by atoms with E-state index in [0.29, 0.717) is 0 Å². The van der Waals surface area contributed by atoms with Gasteiger partial charge < -0.3 is 5.73 Å². The molecule has 106 valence electrons. The Labute approximate surface area is 122 Å². The van der Waals surface area contributed by atoms with Gasteiger partial charge in [-0.3, -0.25) is 4.98 Å². The molecule has 0 aliphatic rings. The van der Waals surface area contributed by atoms with Gasteiger partial charge in [0.1, 0.15) is 0 Å². The quantitative estimate of drug-likeness (QED) is 0.914. The number of pyridine rings is 1. The molecule has 0 aliphatic heterocycles. The molecular weight excluding hydrogens is 244 g/mol. The summed E-state index contributed by atoms with van der Waals surface area (Å²) in [5, 5.41) is 0. The summed E-state index contributed by atoms with van der Waals surface area (Å²) in [4.78, 5) is 4.49. The molecule has 20 heavy (non-hydrogen) atoms. The first kappa shape index (κ1) is 14.7. The van der Waals surface area contributed by atoms with Crippen LogP contribution in [0.15, 0.2) is 42.6 Å². The van der Waals surface area contributed by atoms with Crippen LogP contribution in [-0.2, 0) is 11.8 Å². The van der Waals surface area contributed by atoms with Gasteiger partial charge in [-0.15, -0.1) is 0 Å². The minimum Gasteiger partial charge on any atom is -0.324 e. The second kappa shape index (κ2) is 5.76. The lowest BCUT2D eigenvalue weighted by atomic mass is 9.86. The van der Waals surface area contributed by atoms with E-state index >= 15 is 0 Å². The van der Waals surface area contributed by atoms with E-state index in [1.54, 1.807) is 0 Å². The van der Waals surface area contributed by atoms with Crippen molar-refractivity contribution in [2.24, 2.45) is 5.73 Å². The van der Waals surface area contributed by atoms with Gasteiger partial charge in [0.25, 0.3) is 0 Å². The first-order chi connectivity index (χ1) is 9.36. The van der Waals surface area contributed by atoms with Crippen LogP contribution in [0.2, 0.25) is 0 Å². The molecule has 1 aromatic carbocycles. The van der Waals surface area contributed by atoms with Gasteiger partial charge in [0.2, 0.25) is 0 Å². The molecule has 0 saturated carbocycles. The van der Waals surface area contributed by atoms with Gasteiger partial charge in [0, 0.05) is 24.4 Å². The highest BCUT2D eigenvalue weighted by molar-refractivity contribution is 5.30. The van der Waals surface area contributed by atoms with Crippen molar-refractivity contribution in [3.05, 3.63) is 65.0 Å². The topological polar surface area (TPSA) is 38.9 Å². The van der Waals surface area contributed by atoms with Crippen LogP contribution >= 0.6 is 0 Å². The fourth-order valence-electron chi connectivity index (χ4n) is 2.14. The van der Waals surface area contributed by atoms with Crippen LogP contribution in [-0.4, -0.2) is 4.98 Å². The Bertz CT molecular complexity index is 545. The van der Waals surface area contributed by atoms with Crippen LogP contribution in [0, 0.1) is 0 Å². The summed E-state index contributed by atoms with van der Waals surface area (Å²) in [5.41, 5.74) is 10.9. The standard InChI is InChI=1S/C18H24N2/c1-13(19)15-7-10-17(20-12-15)11-14-5-8-16(9-6-14)18(2,3)4/h5-10,12-13H,11,19H2,1-4H3. The highest BCUT2D eigenvalue weighted by Gasteiger charge is 2.12. The van der Waals surface area contributed by atoms with Crippen molar-refractivity contribution in [3.8, 4) is 0 Å². The maximum Gasteiger partial charge on any atom is 0.0447 e. The summed E-state index contributed by atoms with van der Waals surface area (Å²) in [5.74, 6) is 0. The third kappa shape index (κ3) is 3.67. The Hall–Kier alpha value is -1.67. The molecule has 2 aromatic rings. The molecule has 0 fully saturated rings. The van der Waals surface area contributed by atoms with Gasteiger partial charge in [0.15, 0.2) is 0 Å². The van der Waals surface area contributed by atoms with E-state index in [4.69, 9.17) is 5.73 Å². The SMILES string of the molecule is CC(N)c1ccc(Cc2ccc(C(C)(C)C)cc2)nc1. The van der Waals surface area contributed by atoms with E-state index in [1.165, 1.54) is 11.1 Å². The largest absolute Gasteiger partial charge is 0.324 e. The molecule has 1 atom stereocenters. The van der Waals surface area contributed by atoms with Crippen molar-refractivity contribution < 1.29 is 0 Å². The zero-order chi connectivity index (χ0) is 14.8. The molecule has 0 bridgehead atoms. The van der Waals surface area contributed by atoms with Crippen molar-refractivity contribution in [2.75, 3.05) is 0 Å². The number of nitrogens with zero attached hydrogens (tertiary/aromatic N) is 1. The van der Waals surface area contributed by atoms with E-state index in [9.17, 15) is 0 Å². The molecule has 0 saturated heterocycles. The molecule has 0 amide bonds. The molecule has 0 spiro atoms. The lowest BCUT2D eigenvalue weighted by Crippen LogP contribution is -2.10. The average molecular weight is 268 g/mol. The minimum absolute atomic E-state index is 0.0441. The molecule has 1 heterocycles. The van der Waals surface area contributed by atoms with Gasteiger partial charge in [-0.25, -0.2) is 0 Å². The van der Waals surface area contributed by atoms with E-state index in [2.05, 4.69) is 62.2 Å². The summed E-state index contributed by atoms with van der Waals surface area (Å²) in [7, 11) is 0. The zero-order valence-corrected chi connectivity index (χ0v) is 12.9. The van der Waals surface area contributed by atoms with Crippen molar-refractivity contribution in [1.82, 2.24) is 4.98 Å². The maximum atomic E-state index is 5.83. The third-order valence-corrected chi connectivity index (χ3v) is 3.58. The van der Waals surface area contributed by atoms with Crippen LogP contribution in [0.4, 0.5) is 0 Å². The van der Waals surface area contributed by atoms with Crippen LogP contribution in [0.25, 0.3) is 0 Å². The number of benzene rings is 1. The van der Waals surface area contributed by atoms with Gasteiger partial charge in [-0.05, 0) is 35.1 Å². The van der Waals surface area contributed by atoms with Gasteiger partial charge >= 0.3 is 0 Å². The number of hydrogen-bond acceptors (Lipinski definition) is 2. The Morgan fingerprint density at radius 1 is 1.05 bits per heavy atom. The second-order valence-electron chi connectivity index (χ2n) is 6.50. The molecule has 1 aromatic heterocycles. The Balaban J connectivity index is 2.10. The number of aromatic nitrogens is 1. The van der Waals surface area contributed by atoms with Gasteiger partial charge in [-0.2, -0.15) is 0 Å². The Morgan fingerprint density at radius 3 is 2.15 bits per heavy atom. The Morgan fingerprint density at radius 2 is 1.70 bits per heavy atom. The lowest BCUT2D eigenvalue weighted by molar-refractivity contribution is 0.590. The Kier molecular flexibility index (Phi) is 4.24. The third-order valence-electron chi connectivity index (χ3n) is 3.58. The van der Waals surface area contributed by atoms with Crippen LogP contribution in [0.1, 0.15) is 56.1 Å². The van der Waals surface area contributed by atoms with E-state index in [1.807, 2.05) is 13.1 Å². The predicted molar refractivity (Wildman–Crippen MR) is 84.8 cm³/mol. The number of hydrogen-bond donors (Lipinski definition) is 1. The maximum absolute atomic E-state index is 5.83. The highest BCUT2D eigenvalue weighted by atomic mass is 14.7. The molecule has 2 rings (SSSR count). The first-order valence-corrected chi connectivity index (χ1v) is 7.16. The monoisotopic (exact) mass is 268 g/mol. The van der Waals surface area contributed by atoms with Gasteiger partial charge in [0.05, 0.1) is 0 Å². The van der Waals surface area contributed by atoms with Crippen LogP contribution in [0.5, 0.6) is 0 Å². The lowest BCUT2D eigenvalue weighted by Gasteiger charge is -2.19. The molecule has 0 aliphatic carbocycles. The molecule has 2 N–H and O–H groups in total. The number of rotatable bonds is 3. The summed E-state index contributed by atoms with van der Waals surface area (Å²) in [6.45, 7) is 8.67. The summed E-state index contributed by atoms with van der Waals surface area (Å²) in [6, 6.07) is 13.0. The molecule has 2 nitrogen and oxygen atoms in total. The van der Waals surface area contributed by atoms with Gasteiger partial charge in [-0.1, -0.05) is 51.1 Å². The van der Waals surface area contributed by atoms with Crippen molar-refractivity contribution in [3.63, 3.8) is 0 Å². The predicted octanol–water partition coefficient (Wildman–Crippen LogP) is 3.99. The molecule has 0 radical (unpaired) electrons. The molecule has 1 unspecified atom stereocenters. The fraction of sp³-hybridized carbons (Fsp3) is 0.389. The van der Waals surface area contributed by atoms with Crippen molar-refractivity contribution in [1.29, 1.82) is 0 Å². The van der Waals surface area contributed by atoms with E-state index in [0.717, 1.165) is 17.7 Å². The van der Waals surface area contributed by atoms with E-state index in [-0.39, 0.29) is 11.5 Å².